The van der Waals surface area contributed by atoms with Crippen LogP contribution in [0.5, 0.6) is 17.2 Å². The van der Waals surface area contributed by atoms with Gasteiger partial charge in [0.1, 0.15) is 18.1 Å². The molecule has 1 aliphatic heterocycles. The van der Waals surface area contributed by atoms with E-state index in [9.17, 15) is 14.7 Å². The zero-order chi connectivity index (χ0) is 23.9. The molecule has 1 heterocycles. The molecule has 7 heteroatoms. The second-order valence-electron chi connectivity index (χ2n) is 8.28. The van der Waals surface area contributed by atoms with E-state index in [1.54, 1.807) is 24.3 Å². The molecule has 0 amide bonds. The lowest BCUT2D eigenvalue weighted by Crippen LogP contribution is -2.39. The number of carbonyl (C=O) groups excluding carboxylic acids is 1. The maximum Gasteiger partial charge on any atom is 0.338 e. The maximum atomic E-state index is 12.1. The molecule has 1 N–H and O–H groups in total. The number of cyclic esters (lactones) is 1. The molecule has 0 spiro atoms. The number of benzene rings is 2. The fourth-order valence-electron chi connectivity index (χ4n) is 4.24. The molecule has 2 aliphatic rings. The molecule has 1 fully saturated rings. The fraction of sp³-hybridized carbons (Fsp3) is 0.417. The van der Waals surface area contributed by atoms with Crippen molar-refractivity contribution < 1.29 is 36.4 Å². The molecule has 4 rings (SSSR count). The molecule has 1 atom stereocenters. The second kappa shape index (κ2) is 7.80. The zero-order valence-corrected chi connectivity index (χ0v) is 17.6. The third-order valence-electron chi connectivity index (χ3n) is 6.01. The second-order valence-corrected chi connectivity index (χ2v) is 8.28. The Kier molecular flexibility index (Phi) is 4.66. The van der Waals surface area contributed by atoms with Crippen molar-refractivity contribution in [2.24, 2.45) is 11.3 Å². The van der Waals surface area contributed by atoms with Crippen LogP contribution in [-0.2, 0) is 16.1 Å². The van der Waals surface area contributed by atoms with E-state index in [4.69, 9.17) is 21.7 Å². The average molecular weight is 428 g/mol. The first kappa shape index (κ1) is 18.5. The van der Waals surface area contributed by atoms with E-state index in [1.807, 2.05) is 19.9 Å². The van der Waals surface area contributed by atoms with Crippen LogP contribution >= 0.6 is 0 Å². The summed E-state index contributed by atoms with van der Waals surface area (Å²) >= 11 is 0. The highest BCUT2D eigenvalue weighted by atomic mass is 16.5. The average Bonchev–Trinajstić information content (AvgIpc) is 3.49. The van der Waals surface area contributed by atoms with Crippen molar-refractivity contribution in [1.29, 1.82) is 0 Å². The predicted molar refractivity (Wildman–Crippen MR) is 113 cm³/mol. The Bertz CT molecular complexity index is 1090. The predicted octanol–water partition coefficient (Wildman–Crippen LogP) is 4.31. The van der Waals surface area contributed by atoms with Crippen molar-refractivity contribution >= 4 is 11.9 Å². The van der Waals surface area contributed by atoms with Crippen LogP contribution in [0.3, 0.4) is 0 Å². The highest BCUT2D eigenvalue weighted by Gasteiger charge is 2.59. The summed E-state index contributed by atoms with van der Waals surface area (Å²) in [5.41, 5.74) is 1.59. The number of ether oxygens (including phenoxy) is 4. The molecule has 1 aliphatic carbocycles. The molecule has 1 unspecified atom stereocenters. The number of hydrogen-bond donors (Lipinski definition) is 1. The van der Waals surface area contributed by atoms with Crippen LogP contribution in [0.4, 0.5) is 0 Å². The van der Waals surface area contributed by atoms with E-state index >= 15 is 0 Å². The molecule has 0 aromatic heterocycles. The Morgan fingerprint density at radius 2 is 1.90 bits per heavy atom. The number of carboxylic acid groups (broad SMARTS) is 1. The lowest BCUT2D eigenvalue weighted by molar-refractivity contribution is -0.148. The highest BCUT2D eigenvalue weighted by molar-refractivity contribution is 5.94. The first-order valence-corrected chi connectivity index (χ1v) is 10.1. The van der Waals surface area contributed by atoms with Gasteiger partial charge in [0.25, 0.3) is 0 Å². The normalized spacial score (nSPS) is 18.0. The topological polar surface area (TPSA) is 91.3 Å². The van der Waals surface area contributed by atoms with Gasteiger partial charge in [0.2, 0.25) is 5.75 Å². The number of aliphatic carboxylic acids is 1. The molecule has 0 radical (unpaired) electrons. The van der Waals surface area contributed by atoms with Gasteiger partial charge in [0, 0.05) is 11.1 Å². The van der Waals surface area contributed by atoms with Crippen LogP contribution < -0.4 is 14.2 Å². The molecule has 7 nitrogen and oxygen atoms in total. The van der Waals surface area contributed by atoms with Gasteiger partial charge in [-0.25, -0.2) is 4.79 Å². The van der Waals surface area contributed by atoms with Gasteiger partial charge in [-0.15, -0.1) is 0 Å². The number of rotatable bonds is 8. The Morgan fingerprint density at radius 1 is 1.16 bits per heavy atom. The quantitative estimate of drug-likeness (QED) is 0.627. The van der Waals surface area contributed by atoms with Crippen molar-refractivity contribution in [2.45, 2.75) is 39.4 Å². The molecular formula is C24H26O7. The summed E-state index contributed by atoms with van der Waals surface area (Å²) in [7, 11) is -0.166. The van der Waals surface area contributed by atoms with Crippen molar-refractivity contribution in [3.05, 3.63) is 41.5 Å². The summed E-state index contributed by atoms with van der Waals surface area (Å²) in [6, 6.07) is 8.57. The van der Waals surface area contributed by atoms with E-state index in [0.29, 0.717) is 24.0 Å². The van der Waals surface area contributed by atoms with E-state index in [2.05, 4.69) is 0 Å². The SMILES string of the molecule is [2H]C([2H])Oc1ccc(-c2ccc3c(c2)COC3=O)c(OC(C(C)C)C2(C(=O)O)CC2)c1OC. The molecule has 2 aromatic carbocycles. The third-order valence-corrected chi connectivity index (χ3v) is 6.01. The van der Waals surface area contributed by atoms with Crippen molar-refractivity contribution in [2.75, 3.05) is 14.2 Å². The van der Waals surface area contributed by atoms with Gasteiger partial charge in [-0.1, -0.05) is 19.9 Å². The van der Waals surface area contributed by atoms with Gasteiger partial charge in [-0.05, 0) is 48.6 Å². The first-order chi connectivity index (χ1) is 15.7. The molecule has 164 valence electrons. The van der Waals surface area contributed by atoms with Crippen LogP contribution in [-0.4, -0.2) is 37.3 Å². The van der Waals surface area contributed by atoms with Gasteiger partial charge >= 0.3 is 11.9 Å². The Hall–Kier alpha value is -3.22. The maximum absolute atomic E-state index is 12.1. The van der Waals surface area contributed by atoms with E-state index in [1.165, 1.54) is 7.11 Å². The molecule has 2 aromatic rings. The minimum Gasteiger partial charge on any atom is -0.493 e. The van der Waals surface area contributed by atoms with Gasteiger partial charge < -0.3 is 24.1 Å². The first-order valence-electron chi connectivity index (χ1n) is 11.3. The molecule has 1 saturated carbocycles. The number of carboxylic acids is 1. The Morgan fingerprint density at radius 3 is 2.52 bits per heavy atom. The van der Waals surface area contributed by atoms with Crippen molar-refractivity contribution in [3.8, 4) is 28.4 Å². The highest BCUT2D eigenvalue weighted by Crippen LogP contribution is 2.54. The molecular weight excluding hydrogens is 400 g/mol. The molecule has 31 heavy (non-hydrogen) atoms. The minimum atomic E-state index is -1.59. The van der Waals surface area contributed by atoms with Gasteiger partial charge in [-0.3, -0.25) is 4.79 Å². The lowest BCUT2D eigenvalue weighted by Gasteiger charge is -2.30. The summed E-state index contributed by atoms with van der Waals surface area (Å²) < 4.78 is 37.4. The summed E-state index contributed by atoms with van der Waals surface area (Å²) in [5, 5.41) is 9.89. The van der Waals surface area contributed by atoms with Gasteiger partial charge in [0.15, 0.2) is 11.5 Å². The monoisotopic (exact) mass is 428 g/mol. The van der Waals surface area contributed by atoms with E-state index < -0.39 is 24.6 Å². The molecule has 0 saturated heterocycles. The standard InChI is InChI=1S/C24H26O7/c1-13(2)21(24(9-10-24)23(26)27)31-19-16(7-8-18(28-3)20(19)29-4)14-5-6-17-15(11-14)12-30-22(17)25/h5-8,11,13,21H,9-10,12H2,1-4H3,(H,26,27)/i3D2. The van der Waals surface area contributed by atoms with Crippen molar-refractivity contribution in [1.82, 2.24) is 0 Å². The number of esters is 1. The third kappa shape index (κ3) is 3.48. The van der Waals surface area contributed by atoms with Crippen LogP contribution in [0.1, 0.15) is 45.4 Å². The van der Waals surface area contributed by atoms with E-state index in [-0.39, 0.29) is 35.7 Å². The number of carbonyl (C=O) groups is 2. The zero-order valence-electron chi connectivity index (χ0n) is 19.6. The largest absolute Gasteiger partial charge is 0.493 e. The Labute approximate surface area is 183 Å². The fourth-order valence-corrected chi connectivity index (χ4v) is 4.24. The van der Waals surface area contributed by atoms with Crippen molar-refractivity contribution in [3.63, 3.8) is 0 Å². The lowest BCUT2D eigenvalue weighted by atomic mass is 9.90. The van der Waals surface area contributed by atoms with Gasteiger partial charge in [0.05, 0.1) is 22.5 Å². The number of hydrogen-bond acceptors (Lipinski definition) is 6. The van der Waals surface area contributed by atoms with Crippen LogP contribution in [0, 0.1) is 11.3 Å². The van der Waals surface area contributed by atoms with Crippen LogP contribution in [0.15, 0.2) is 30.3 Å². The van der Waals surface area contributed by atoms with Crippen LogP contribution in [0.2, 0.25) is 0 Å². The van der Waals surface area contributed by atoms with Gasteiger partial charge in [-0.2, -0.15) is 0 Å². The number of methoxy groups -OCH3 is 2. The van der Waals surface area contributed by atoms with E-state index in [0.717, 1.165) is 11.1 Å². The summed E-state index contributed by atoms with van der Waals surface area (Å²) in [5.74, 6) is -0.794. The molecule has 0 bridgehead atoms. The number of fused-ring (bicyclic) bond motifs is 1. The smallest absolute Gasteiger partial charge is 0.338 e. The summed E-state index contributed by atoms with van der Waals surface area (Å²) in [6.07, 6.45) is 0.387. The summed E-state index contributed by atoms with van der Waals surface area (Å²) in [4.78, 5) is 23.9. The minimum absolute atomic E-state index is 0.114. The van der Waals surface area contributed by atoms with Crippen LogP contribution in [0.25, 0.3) is 11.1 Å². The summed E-state index contributed by atoms with van der Waals surface area (Å²) in [6.45, 7) is 3.98. The Balaban J connectivity index is 1.85.